The van der Waals surface area contributed by atoms with Crippen molar-refractivity contribution >= 4 is 17.6 Å². The van der Waals surface area contributed by atoms with Crippen molar-refractivity contribution in [2.45, 2.75) is 27.2 Å². The Morgan fingerprint density at radius 2 is 2.04 bits per heavy atom. The highest BCUT2D eigenvalue weighted by Gasteiger charge is 2.09. The standard InChI is InChI=1S/C21H25N3O2S/c1-4-22-21-24(19(15-27-21)20-6-5-12-26-20)23-14-17-7-9-18(10-8-17)25-13-11-16(2)3/h5-10,12,14-16H,4,11,13H2,1-3H3. The lowest BCUT2D eigenvalue weighted by molar-refractivity contribution is 0.289. The molecule has 6 heteroatoms. The van der Waals surface area contributed by atoms with Crippen LogP contribution in [-0.2, 0) is 0 Å². The second-order valence-corrected chi connectivity index (χ2v) is 7.35. The molecular weight excluding hydrogens is 358 g/mol. The summed E-state index contributed by atoms with van der Waals surface area (Å²) in [6.07, 6.45) is 4.54. The lowest BCUT2D eigenvalue weighted by Gasteiger charge is -2.08. The Morgan fingerprint density at radius 1 is 1.22 bits per heavy atom. The summed E-state index contributed by atoms with van der Waals surface area (Å²) < 4.78 is 13.1. The van der Waals surface area contributed by atoms with Gasteiger partial charge in [-0.05, 0) is 61.2 Å². The van der Waals surface area contributed by atoms with Gasteiger partial charge in [-0.3, -0.25) is 4.99 Å². The van der Waals surface area contributed by atoms with Crippen molar-refractivity contribution in [2.75, 3.05) is 13.2 Å². The van der Waals surface area contributed by atoms with Gasteiger partial charge in [0.25, 0.3) is 0 Å². The Kier molecular flexibility index (Phi) is 6.65. The molecule has 0 saturated carbocycles. The van der Waals surface area contributed by atoms with E-state index in [0.717, 1.165) is 40.6 Å². The van der Waals surface area contributed by atoms with E-state index in [-0.39, 0.29) is 0 Å². The van der Waals surface area contributed by atoms with Gasteiger partial charge in [-0.2, -0.15) is 5.10 Å². The summed E-state index contributed by atoms with van der Waals surface area (Å²) in [5.74, 6) is 2.30. The fourth-order valence-corrected chi connectivity index (χ4v) is 3.32. The Labute approximate surface area is 163 Å². The predicted molar refractivity (Wildman–Crippen MR) is 110 cm³/mol. The van der Waals surface area contributed by atoms with Crippen LogP contribution in [0.3, 0.4) is 0 Å². The highest BCUT2D eigenvalue weighted by molar-refractivity contribution is 7.07. The smallest absolute Gasteiger partial charge is 0.206 e. The highest BCUT2D eigenvalue weighted by atomic mass is 32.1. The van der Waals surface area contributed by atoms with Crippen molar-refractivity contribution in [3.8, 4) is 17.2 Å². The van der Waals surface area contributed by atoms with Gasteiger partial charge in [0.15, 0.2) is 5.76 Å². The zero-order valence-electron chi connectivity index (χ0n) is 16.0. The van der Waals surface area contributed by atoms with E-state index in [1.807, 2.05) is 59.6 Å². The van der Waals surface area contributed by atoms with Crippen LogP contribution in [0, 0.1) is 5.92 Å². The first kappa shape index (κ1) is 19.2. The number of benzene rings is 1. The molecule has 3 rings (SSSR count). The maximum Gasteiger partial charge on any atom is 0.206 e. The molecule has 0 aliphatic rings. The van der Waals surface area contributed by atoms with Crippen LogP contribution in [0.15, 0.2) is 62.6 Å². The van der Waals surface area contributed by atoms with E-state index in [4.69, 9.17) is 9.15 Å². The van der Waals surface area contributed by atoms with Crippen molar-refractivity contribution in [3.05, 3.63) is 58.4 Å². The maximum absolute atomic E-state index is 5.77. The van der Waals surface area contributed by atoms with Crippen molar-refractivity contribution in [2.24, 2.45) is 16.0 Å². The molecule has 2 aromatic heterocycles. The number of nitrogens with zero attached hydrogens (tertiary/aromatic N) is 3. The molecule has 0 atom stereocenters. The number of aromatic nitrogens is 1. The Hall–Kier alpha value is -2.60. The third-order valence-corrected chi connectivity index (χ3v) is 4.77. The lowest BCUT2D eigenvalue weighted by Crippen LogP contribution is -2.12. The molecule has 1 aromatic carbocycles. The SMILES string of the molecule is CCN=c1scc(-c2ccco2)n1N=Cc1ccc(OCCC(C)C)cc1. The molecule has 142 valence electrons. The van der Waals surface area contributed by atoms with Crippen LogP contribution in [0.4, 0.5) is 0 Å². The number of furan rings is 1. The first-order valence-electron chi connectivity index (χ1n) is 9.19. The van der Waals surface area contributed by atoms with E-state index >= 15 is 0 Å². The van der Waals surface area contributed by atoms with Gasteiger partial charge in [-0.1, -0.05) is 13.8 Å². The van der Waals surface area contributed by atoms with Gasteiger partial charge in [0, 0.05) is 11.9 Å². The molecule has 0 bridgehead atoms. The number of ether oxygens (including phenoxy) is 1. The molecule has 0 aliphatic heterocycles. The summed E-state index contributed by atoms with van der Waals surface area (Å²) in [6, 6.07) is 11.8. The van der Waals surface area contributed by atoms with Crippen molar-refractivity contribution in [1.82, 2.24) is 4.68 Å². The third-order valence-electron chi connectivity index (χ3n) is 3.92. The Balaban J connectivity index is 1.78. The van der Waals surface area contributed by atoms with Crippen LogP contribution in [-0.4, -0.2) is 24.0 Å². The monoisotopic (exact) mass is 383 g/mol. The van der Waals surface area contributed by atoms with E-state index < -0.39 is 0 Å². The normalized spacial score (nSPS) is 12.4. The van der Waals surface area contributed by atoms with Crippen LogP contribution in [0.25, 0.3) is 11.5 Å². The summed E-state index contributed by atoms with van der Waals surface area (Å²) in [5, 5.41) is 6.64. The van der Waals surface area contributed by atoms with Gasteiger partial charge in [-0.15, -0.1) is 11.3 Å². The molecule has 0 saturated heterocycles. The van der Waals surface area contributed by atoms with E-state index in [0.29, 0.717) is 12.5 Å². The quantitative estimate of drug-likeness (QED) is 0.512. The van der Waals surface area contributed by atoms with Crippen LogP contribution in [0.5, 0.6) is 5.75 Å². The molecule has 2 heterocycles. The number of rotatable bonds is 8. The number of thiazole rings is 1. The zero-order valence-corrected chi connectivity index (χ0v) is 16.8. The third kappa shape index (κ3) is 5.20. The van der Waals surface area contributed by atoms with Crippen molar-refractivity contribution in [3.63, 3.8) is 0 Å². The molecule has 27 heavy (non-hydrogen) atoms. The van der Waals surface area contributed by atoms with Gasteiger partial charge in [-0.25, -0.2) is 4.68 Å². The maximum atomic E-state index is 5.77. The Bertz CT molecular complexity index is 919. The average Bonchev–Trinajstić information content (AvgIpc) is 3.31. The summed E-state index contributed by atoms with van der Waals surface area (Å²) in [7, 11) is 0. The molecule has 0 radical (unpaired) electrons. The van der Waals surface area contributed by atoms with Gasteiger partial charge >= 0.3 is 0 Å². The minimum atomic E-state index is 0.644. The first-order chi connectivity index (χ1) is 13.2. The fraction of sp³-hybridized carbons (Fsp3) is 0.333. The predicted octanol–water partition coefficient (Wildman–Crippen LogP) is 5.04. The van der Waals surface area contributed by atoms with Crippen LogP contribution in [0.2, 0.25) is 0 Å². The molecule has 0 amide bonds. The van der Waals surface area contributed by atoms with Crippen LogP contribution < -0.4 is 9.54 Å². The lowest BCUT2D eigenvalue weighted by atomic mass is 10.1. The number of hydrogen-bond acceptors (Lipinski definition) is 5. The van der Waals surface area contributed by atoms with Gasteiger partial charge in [0.2, 0.25) is 4.80 Å². The van der Waals surface area contributed by atoms with E-state index in [9.17, 15) is 0 Å². The Morgan fingerprint density at radius 3 is 2.70 bits per heavy atom. The molecule has 0 aliphatic carbocycles. The van der Waals surface area contributed by atoms with E-state index in [1.54, 1.807) is 17.6 Å². The molecule has 0 N–H and O–H groups in total. The topological polar surface area (TPSA) is 52.0 Å². The molecule has 3 aromatic rings. The fourth-order valence-electron chi connectivity index (χ4n) is 2.44. The minimum absolute atomic E-state index is 0.644. The second kappa shape index (κ2) is 9.37. The summed E-state index contributed by atoms with van der Waals surface area (Å²) in [6.45, 7) is 7.85. The van der Waals surface area contributed by atoms with Crippen LogP contribution >= 0.6 is 11.3 Å². The molecule has 0 fully saturated rings. The minimum Gasteiger partial charge on any atom is -0.494 e. The first-order valence-corrected chi connectivity index (χ1v) is 10.1. The number of hydrogen-bond donors (Lipinski definition) is 0. The molecular formula is C21H25N3O2S. The van der Waals surface area contributed by atoms with Crippen LogP contribution in [0.1, 0.15) is 32.8 Å². The van der Waals surface area contributed by atoms with Crippen molar-refractivity contribution in [1.29, 1.82) is 0 Å². The van der Waals surface area contributed by atoms with Gasteiger partial charge in [0.1, 0.15) is 11.4 Å². The van der Waals surface area contributed by atoms with Crippen molar-refractivity contribution < 1.29 is 9.15 Å². The highest BCUT2D eigenvalue weighted by Crippen LogP contribution is 2.20. The molecule has 0 unspecified atom stereocenters. The average molecular weight is 384 g/mol. The summed E-state index contributed by atoms with van der Waals surface area (Å²) >= 11 is 1.55. The van der Waals surface area contributed by atoms with E-state index in [1.165, 1.54) is 0 Å². The summed E-state index contributed by atoms with van der Waals surface area (Å²) in [4.78, 5) is 5.36. The summed E-state index contributed by atoms with van der Waals surface area (Å²) in [5.41, 5.74) is 1.89. The van der Waals surface area contributed by atoms with Gasteiger partial charge < -0.3 is 9.15 Å². The molecule has 0 spiro atoms. The van der Waals surface area contributed by atoms with E-state index in [2.05, 4.69) is 23.9 Å². The zero-order chi connectivity index (χ0) is 19.1. The molecule has 5 nitrogen and oxygen atoms in total. The second-order valence-electron chi connectivity index (χ2n) is 6.51. The van der Waals surface area contributed by atoms with Gasteiger partial charge in [0.05, 0.1) is 19.1 Å². The largest absolute Gasteiger partial charge is 0.494 e.